The summed E-state index contributed by atoms with van der Waals surface area (Å²) in [6.07, 6.45) is 17.9. The maximum absolute atomic E-state index is 12.0. The smallest absolute Gasteiger partial charge is 0.410 e. The predicted octanol–water partition coefficient (Wildman–Crippen LogP) is 10.4. The molecule has 5 N–H and O–H groups in total. The fourth-order valence-electron chi connectivity index (χ4n) is 8.78. The van der Waals surface area contributed by atoms with Crippen molar-refractivity contribution in [2.75, 3.05) is 47.8 Å². The zero-order chi connectivity index (χ0) is 46.6. The molecule has 3 amide bonds. The average molecular weight is 867 g/mol. The largest absolute Gasteiger partial charge is 0.444 e. The molecule has 3 aliphatic rings. The van der Waals surface area contributed by atoms with Crippen LogP contribution in [-0.2, 0) is 14.2 Å². The highest BCUT2D eigenvalue weighted by Crippen LogP contribution is 2.33. The number of rotatable bonds is 14. The van der Waals surface area contributed by atoms with Crippen molar-refractivity contribution in [1.29, 1.82) is 0 Å². The molecular weight excluding hydrogens is 769 g/mol. The van der Waals surface area contributed by atoms with Crippen molar-refractivity contribution in [2.45, 2.75) is 214 Å². The van der Waals surface area contributed by atoms with E-state index in [1.165, 1.54) is 77.0 Å². The minimum Gasteiger partial charge on any atom is -0.444 e. The minimum absolute atomic E-state index is 0.0472. The van der Waals surface area contributed by atoms with Gasteiger partial charge in [0.05, 0.1) is 0 Å². The number of amides is 3. The second-order valence-corrected chi connectivity index (χ2v) is 22.7. The second kappa shape index (κ2) is 27.8. The van der Waals surface area contributed by atoms with E-state index >= 15 is 0 Å². The number of likely N-dealkylation sites (N-methyl/N-ethyl adjacent to an activating group) is 3. The average Bonchev–Trinajstić information content (AvgIpc) is 3.09. The SMILES string of the molecule is CC1CCC(C[C@@H](CN(C)C)NC(=O)OC(C)(C)C)CC1.CC1CCC(C[C@H](N)CN(C)C(=O)OC(C)(C)C)CC1.CNC[C@H](CC1CCC(C)CC1)NC(=O)OC(C)(C)C. The van der Waals surface area contributed by atoms with Gasteiger partial charge in [-0.2, -0.15) is 0 Å². The van der Waals surface area contributed by atoms with Crippen LogP contribution in [0.15, 0.2) is 0 Å². The van der Waals surface area contributed by atoms with Gasteiger partial charge in [0.15, 0.2) is 0 Å². The van der Waals surface area contributed by atoms with Gasteiger partial charge in [0.25, 0.3) is 0 Å². The molecule has 0 unspecified atom stereocenters. The molecule has 0 saturated heterocycles. The molecule has 0 aromatic carbocycles. The molecule has 0 spiro atoms. The fraction of sp³-hybridized carbons (Fsp3) is 0.939. The molecule has 0 aromatic rings. The number of nitrogens with two attached hydrogens (primary N) is 1. The van der Waals surface area contributed by atoms with Gasteiger partial charge in [-0.05, 0) is 138 Å². The summed E-state index contributed by atoms with van der Waals surface area (Å²) >= 11 is 0. The van der Waals surface area contributed by atoms with Crippen LogP contribution >= 0.6 is 0 Å². The number of carbonyl (C=O) groups excluding carboxylic acids is 3. The molecule has 12 nitrogen and oxygen atoms in total. The first-order valence-corrected chi connectivity index (χ1v) is 24.1. The van der Waals surface area contributed by atoms with Crippen molar-refractivity contribution >= 4 is 18.3 Å². The molecule has 360 valence electrons. The van der Waals surface area contributed by atoms with E-state index < -0.39 is 16.8 Å². The normalized spacial score (nSPS) is 25.0. The molecule has 12 heteroatoms. The second-order valence-electron chi connectivity index (χ2n) is 22.7. The van der Waals surface area contributed by atoms with Crippen LogP contribution in [0.3, 0.4) is 0 Å². The zero-order valence-corrected chi connectivity index (χ0v) is 42.3. The summed E-state index contributed by atoms with van der Waals surface area (Å²) in [7, 11) is 7.78. The Balaban J connectivity index is 0.000000458. The monoisotopic (exact) mass is 867 g/mol. The first kappa shape index (κ1) is 56.7. The van der Waals surface area contributed by atoms with Crippen molar-refractivity contribution in [3.8, 4) is 0 Å². The molecule has 3 atom stereocenters. The third kappa shape index (κ3) is 29.6. The summed E-state index contributed by atoms with van der Waals surface area (Å²) in [6.45, 7) is 26.2. The van der Waals surface area contributed by atoms with Crippen molar-refractivity contribution in [3.05, 3.63) is 0 Å². The van der Waals surface area contributed by atoms with E-state index in [1.807, 2.05) is 83.5 Å². The van der Waals surface area contributed by atoms with Gasteiger partial charge in [0.2, 0.25) is 0 Å². The standard InChI is InChI=1S/C17H34N2O2.2C16H32N2O2/c1-13-7-9-14(10-8-13)11-15(12-19(5)6)18-16(20)21-17(2,3)4;1-12-6-8-13(9-7-12)10-14(17)11-18(5)15(19)20-16(2,3)4;1-12-6-8-13(9-7-12)10-14(11-17-5)18-15(19)20-16(2,3)4/h13-15H,7-12H2,1-6H3,(H,18,20);12-14H,6-11,17H2,1-5H3;12-14,17H,6-11H2,1-5H3,(H,18,19)/t13?,14?,15-;2*12?,13?,14-/m000/s1. The van der Waals surface area contributed by atoms with Gasteiger partial charge < -0.3 is 45.7 Å². The Morgan fingerprint density at radius 1 is 0.557 bits per heavy atom. The summed E-state index contributed by atoms with van der Waals surface area (Å²) in [5.41, 5.74) is 4.87. The highest BCUT2D eigenvalue weighted by atomic mass is 16.6. The lowest BCUT2D eigenvalue weighted by Gasteiger charge is -2.31. The quantitative estimate of drug-likeness (QED) is 0.125. The van der Waals surface area contributed by atoms with E-state index in [9.17, 15) is 14.4 Å². The maximum Gasteiger partial charge on any atom is 0.410 e. The van der Waals surface area contributed by atoms with E-state index in [2.05, 4.69) is 41.6 Å². The first-order chi connectivity index (χ1) is 28.1. The van der Waals surface area contributed by atoms with E-state index in [0.29, 0.717) is 6.54 Å². The van der Waals surface area contributed by atoms with Crippen LogP contribution in [0, 0.1) is 35.5 Å². The molecule has 0 radical (unpaired) electrons. The van der Waals surface area contributed by atoms with Gasteiger partial charge in [-0.1, -0.05) is 97.8 Å². The number of ether oxygens (including phenoxy) is 3. The molecular formula is C49H98N6O6. The number of hydrogen-bond donors (Lipinski definition) is 4. The van der Waals surface area contributed by atoms with E-state index in [1.54, 1.807) is 11.9 Å². The number of alkyl carbamates (subject to hydrolysis) is 2. The third-order valence-corrected chi connectivity index (χ3v) is 12.0. The van der Waals surface area contributed by atoms with Crippen LogP contribution in [0.25, 0.3) is 0 Å². The Kier molecular flexibility index (Phi) is 25.8. The van der Waals surface area contributed by atoms with Crippen LogP contribution < -0.4 is 21.7 Å². The molecule has 0 bridgehead atoms. The fourth-order valence-corrected chi connectivity index (χ4v) is 8.78. The summed E-state index contributed by atoms with van der Waals surface area (Å²) in [6, 6.07) is 0.382. The predicted molar refractivity (Wildman–Crippen MR) is 253 cm³/mol. The highest BCUT2D eigenvalue weighted by Gasteiger charge is 2.28. The molecule has 3 saturated carbocycles. The number of hydrogen-bond acceptors (Lipinski definition) is 9. The van der Waals surface area contributed by atoms with Gasteiger partial charge in [0.1, 0.15) is 16.8 Å². The molecule has 3 aliphatic carbocycles. The molecule has 3 rings (SSSR count). The topological polar surface area (TPSA) is 147 Å². The Hall–Kier alpha value is -2.31. The third-order valence-electron chi connectivity index (χ3n) is 12.0. The van der Waals surface area contributed by atoms with E-state index in [0.717, 1.165) is 67.9 Å². The van der Waals surface area contributed by atoms with Crippen LogP contribution in [0.5, 0.6) is 0 Å². The van der Waals surface area contributed by atoms with Crippen LogP contribution in [-0.4, -0.2) is 111 Å². The molecule has 3 fully saturated rings. The van der Waals surface area contributed by atoms with Crippen molar-refractivity contribution in [1.82, 2.24) is 25.8 Å². The van der Waals surface area contributed by atoms with Crippen molar-refractivity contribution in [2.24, 2.45) is 41.2 Å². The Morgan fingerprint density at radius 3 is 1.25 bits per heavy atom. The Morgan fingerprint density at radius 2 is 0.902 bits per heavy atom. The lowest BCUT2D eigenvalue weighted by molar-refractivity contribution is 0.0283. The summed E-state index contributed by atoms with van der Waals surface area (Å²) in [5, 5.41) is 9.23. The highest BCUT2D eigenvalue weighted by molar-refractivity contribution is 5.68. The minimum atomic E-state index is -0.449. The van der Waals surface area contributed by atoms with Crippen LogP contribution in [0.1, 0.15) is 179 Å². The molecule has 0 aliphatic heterocycles. The van der Waals surface area contributed by atoms with Gasteiger partial charge in [0, 0.05) is 44.8 Å². The Bertz CT molecular complexity index is 1210. The van der Waals surface area contributed by atoms with Gasteiger partial charge in [-0.15, -0.1) is 0 Å². The number of nitrogens with zero attached hydrogens (tertiary/aromatic N) is 2. The number of nitrogens with one attached hydrogen (secondary N) is 3. The molecule has 0 aromatic heterocycles. The zero-order valence-electron chi connectivity index (χ0n) is 42.3. The molecule has 61 heavy (non-hydrogen) atoms. The summed E-state index contributed by atoms with van der Waals surface area (Å²) in [4.78, 5) is 39.5. The van der Waals surface area contributed by atoms with Crippen molar-refractivity contribution < 1.29 is 28.6 Å². The maximum atomic E-state index is 12.0. The van der Waals surface area contributed by atoms with Crippen LogP contribution in [0.4, 0.5) is 14.4 Å². The van der Waals surface area contributed by atoms with Crippen molar-refractivity contribution in [3.63, 3.8) is 0 Å². The van der Waals surface area contributed by atoms with Gasteiger partial charge in [-0.3, -0.25) is 0 Å². The summed E-state index contributed by atoms with van der Waals surface area (Å²) in [5.74, 6) is 4.81. The van der Waals surface area contributed by atoms with Gasteiger partial charge >= 0.3 is 18.3 Å². The molecule has 0 heterocycles. The lowest BCUT2D eigenvalue weighted by Crippen LogP contribution is -2.45. The summed E-state index contributed by atoms with van der Waals surface area (Å²) < 4.78 is 16.1. The first-order valence-electron chi connectivity index (χ1n) is 24.1. The lowest BCUT2D eigenvalue weighted by atomic mass is 9.80. The Labute approximate surface area is 375 Å². The van der Waals surface area contributed by atoms with Gasteiger partial charge in [-0.25, -0.2) is 14.4 Å². The number of carbonyl (C=O) groups is 3. The van der Waals surface area contributed by atoms with E-state index in [4.69, 9.17) is 19.9 Å². The van der Waals surface area contributed by atoms with E-state index in [-0.39, 0.29) is 36.4 Å². The van der Waals surface area contributed by atoms with Crippen LogP contribution in [0.2, 0.25) is 0 Å².